The molecule has 0 radical (unpaired) electrons. The highest BCUT2D eigenvalue weighted by atomic mass is 79.9. The van der Waals surface area contributed by atoms with Gasteiger partial charge < -0.3 is 4.74 Å². The van der Waals surface area contributed by atoms with Crippen LogP contribution in [0.2, 0.25) is 0 Å². The van der Waals surface area contributed by atoms with Gasteiger partial charge in [-0.25, -0.2) is 0 Å². The average molecular weight is 248 g/mol. The Hall–Kier alpha value is -1.15. The number of hydrogen-bond donors (Lipinski definition) is 0. The van der Waals surface area contributed by atoms with Crippen molar-refractivity contribution in [3.05, 3.63) is 28.2 Å². The number of alkyl halides is 2. The second kappa shape index (κ2) is 4.19. The summed E-state index contributed by atoms with van der Waals surface area (Å²) in [6, 6.07) is 6.01. The van der Waals surface area contributed by atoms with E-state index in [1.54, 1.807) is 6.07 Å². The van der Waals surface area contributed by atoms with Crippen LogP contribution < -0.4 is 4.74 Å². The molecule has 0 saturated heterocycles. The molecule has 0 heterocycles. The van der Waals surface area contributed by atoms with E-state index in [0.717, 1.165) is 0 Å². The molecular formula is C8H4BrF2NO. The van der Waals surface area contributed by atoms with E-state index in [9.17, 15) is 8.78 Å². The molecule has 1 aromatic carbocycles. The first-order valence-corrected chi connectivity index (χ1v) is 4.07. The summed E-state index contributed by atoms with van der Waals surface area (Å²) in [7, 11) is 0. The molecule has 5 heteroatoms. The summed E-state index contributed by atoms with van der Waals surface area (Å²) < 4.78 is 28.3. The van der Waals surface area contributed by atoms with Gasteiger partial charge in [0, 0.05) is 4.47 Å². The van der Waals surface area contributed by atoms with Gasteiger partial charge in [-0.05, 0) is 18.2 Å². The van der Waals surface area contributed by atoms with Gasteiger partial charge in [-0.3, -0.25) is 0 Å². The molecule has 0 atom stereocenters. The highest BCUT2D eigenvalue weighted by Crippen LogP contribution is 2.23. The molecule has 0 aliphatic heterocycles. The van der Waals surface area contributed by atoms with Crippen LogP contribution in [-0.2, 0) is 0 Å². The van der Waals surface area contributed by atoms with Crippen LogP contribution >= 0.6 is 15.9 Å². The molecule has 0 saturated carbocycles. The third-order valence-electron chi connectivity index (χ3n) is 1.28. The number of hydrogen-bond acceptors (Lipinski definition) is 2. The van der Waals surface area contributed by atoms with Gasteiger partial charge in [0.2, 0.25) is 0 Å². The Morgan fingerprint density at radius 1 is 1.46 bits per heavy atom. The third kappa shape index (κ3) is 2.67. The molecule has 1 rings (SSSR count). The van der Waals surface area contributed by atoms with E-state index in [4.69, 9.17) is 5.26 Å². The number of nitriles is 1. The molecule has 0 fully saturated rings. The zero-order valence-electron chi connectivity index (χ0n) is 6.30. The molecule has 2 nitrogen and oxygen atoms in total. The molecule has 68 valence electrons. The molecule has 0 spiro atoms. The van der Waals surface area contributed by atoms with Crippen molar-refractivity contribution in [2.45, 2.75) is 6.61 Å². The Kier molecular flexibility index (Phi) is 3.20. The summed E-state index contributed by atoms with van der Waals surface area (Å²) in [6.45, 7) is -2.91. The highest BCUT2D eigenvalue weighted by Gasteiger charge is 2.09. The Labute approximate surface area is 81.9 Å². The number of halogens is 3. The average Bonchev–Trinajstić information content (AvgIpc) is 2.07. The highest BCUT2D eigenvalue weighted by molar-refractivity contribution is 9.10. The standard InChI is InChI=1S/C8H4BrF2NO/c9-6-1-2-7(13-8(10)11)5(3-6)4-12/h1-3,8H. The zero-order chi connectivity index (χ0) is 9.84. The van der Waals surface area contributed by atoms with E-state index in [1.807, 2.05) is 0 Å². The van der Waals surface area contributed by atoms with Gasteiger partial charge in [-0.1, -0.05) is 15.9 Å². The van der Waals surface area contributed by atoms with E-state index in [0.29, 0.717) is 4.47 Å². The van der Waals surface area contributed by atoms with Crippen LogP contribution in [0.15, 0.2) is 22.7 Å². The SMILES string of the molecule is N#Cc1cc(Br)ccc1OC(F)F. The van der Waals surface area contributed by atoms with Crippen molar-refractivity contribution in [1.29, 1.82) is 5.26 Å². The molecule has 0 aliphatic carbocycles. The predicted molar refractivity (Wildman–Crippen MR) is 45.5 cm³/mol. The molecular weight excluding hydrogens is 244 g/mol. The Bertz CT molecular complexity index is 348. The van der Waals surface area contributed by atoms with E-state index >= 15 is 0 Å². The summed E-state index contributed by atoms with van der Waals surface area (Å²) in [6.07, 6.45) is 0. The van der Waals surface area contributed by atoms with Crippen LogP contribution in [-0.4, -0.2) is 6.61 Å². The quantitative estimate of drug-likeness (QED) is 0.806. The fourth-order valence-electron chi connectivity index (χ4n) is 0.788. The number of nitrogens with zero attached hydrogens (tertiary/aromatic N) is 1. The lowest BCUT2D eigenvalue weighted by Gasteiger charge is -2.05. The summed E-state index contributed by atoms with van der Waals surface area (Å²) in [4.78, 5) is 0. The first kappa shape index (κ1) is 9.93. The largest absolute Gasteiger partial charge is 0.433 e. The normalized spacial score (nSPS) is 9.77. The first-order chi connectivity index (χ1) is 6.13. The minimum absolute atomic E-state index is 0.0784. The lowest BCUT2D eigenvalue weighted by molar-refractivity contribution is -0.0500. The van der Waals surface area contributed by atoms with E-state index in [-0.39, 0.29) is 11.3 Å². The van der Waals surface area contributed by atoms with Gasteiger partial charge in [0.05, 0.1) is 5.56 Å². The minimum Gasteiger partial charge on any atom is -0.433 e. The fourth-order valence-corrected chi connectivity index (χ4v) is 1.15. The summed E-state index contributed by atoms with van der Waals surface area (Å²) in [5, 5.41) is 8.56. The smallest absolute Gasteiger partial charge is 0.387 e. The van der Waals surface area contributed by atoms with Gasteiger partial charge in [0.15, 0.2) is 0 Å². The van der Waals surface area contributed by atoms with Crippen LogP contribution in [0.3, 0.4) is 0 Å². The van der Waals surface area contributed by atoms with Crippen molar-refractivity contribution in [3.63, 3.8) is 0 Å². The van der Waals surface area contributed by atoms with E-state index in [2.05, 4.69) is 20.7 Å². The van der Waals surface area contributed by atoms with Crippen molar-refractivity contribution >= 4 is 15.9 Å². The second-order valence-electron chi connectivity index (χ2n) is 2.13. The van der Waals surface area contributed by atoms with Crippen LogP contribution in [0.25, 0.3) is 0 Å². The molecule has 0 unspecified atom stereocenters. The lowest BCUT2D eigenvalue weighted by Crippen LogP contribution is -2.03. The van der Waals surface area contributed by atoms with Gasteiger partial charge in [0.25, 0.3) is 0 Å². The van der Waals surface area contributed by atoms with E-state index in [1.165, 1.54) is 18.2 Å². The molecule has 0 N–H and O–H groups in total. The topological polar surface area (TPSA) is 33.0 Å². The lowest BCUT2D eigenvalue weighted by atomic mass is 10.2. The Balaban J connectivity index is 3.01. The Morgan fingerprint density at radius 3 is 2.69 bits per heavy atom. The van der Waals surface area contributed by atoms with Crippen molar-refractivity contribution in [2.24, 2.45) is 0 Å². The van der Waals surface area contributed by atoms with Crippen LogP contribution in [0.4, 0.5) is 8.78 Å². The number of rotatable bonds is 2. The zero-order valence-corrected chi connectivity index (χ0v) is 7.88. The molecule has 1 aromatic rings. The Morgan fingerprint density at radius 2 is 2.15 bits per heavy atom. The monoisotopic (exact) mass is 247 g/mol. The van der Waals surface area contributed by atoms with Crippen molar-refractivity contribution in [1.82, 2.24) is 0 Å². The summed E-state index contributed by atoms with van der Waals surface area (Å²) >= 11 is 3.11. The molecule has 0 amide bonds. The minimum atomic E-state index is -2.91. The summed E-state index contributed by atoms with van der Waals surface area (Å²) in [5.74, 6) is -0.110. The van der Waals surface area contributed by atoms with Crippen molar-refractivity contribution in [2.75, 3.05) is 0 Å². The fraction of sp³-hybridized carbons (Fsp3) is 0.125. The summed E-state index contributed by atoms with van der Waals surface area (Å²) in [5.41, 5.74) is 0.0784. The predicted octanol–water partition coefficient (Wildman–Crippen LogP) is 2.92. The van der Waals surface area contributed by atoms with Crippen molar-refractivity contribution < 1.29 is 13.5 Å². The number of ether oxygens (including phenoxy) is 1. The van der Waals surface area contributed by atoms with Crippen molar-refractivity contribution in [3.8, 4) is 11.8 Å². The van der Waals surface area contributed by atoms with Gasteiger partial charge in [0.1, 0.15) is 11.8 Å². The van der Waals surface area contributed by atoms with E-state index < -0.39 is 6.61 Å². The van der Waals surface area contributed by atoms with Gasteiger partial charge in [-0.2, -0.15) is 14.0 Å². The molecule has 0 aliphatic rings. The molecule has 0 bridgehead atoms. The first-order valence-electron chi connectivity index (χ1n) is 3.28. The number of benzene rings is 1. The maximum absolute atomic E-state index is 11.8. The van der Waals surface area contributed by atoms with Gasteiger partial charge >= 0.3 is 6.61 Å². The molecule has 13 heavy (non-hydrogen) atoms. The van der Waals surface area contributed by atoms with Crippen LogP contribution in [0.1, 0.15) is 5.56 Å². The third-order valence-corrected chi connectivity index (χ3v) is 1.77. The molecule has 0 aromatic heterocycles. The maximum Gasteiger partial charge on any atom is 0.387 e. The van der Waals surface area contributed by atoms with Crippen LogP contribution in [0, 0.1) is 11.3 Å². The second-order valence-corrected chi connectivity index (χ2v) is 3.05. The maximum atomic E-state index is 11.8. The van der Waals surface area contributed by atoms with Crippen LogP contribution in [0.5, 0.6) is 5.75 Å². The van der Waals surface area contributed by atoms with Gasteiger partial charge in [-0.15, -0.1) is 0 Å².